The van der Waals surface area contributed by atoms with E-state index in [0.29, 0.717) is 18.6 Å². The lowest BCUT2D eigenvalue weighted by Crippen LogP contribution is -2.26. The molecule has 0 radical (unpaired) electrons. The van der Waals surface area contributed by atoms with Crippen molar-refractivity contribution in [1.82, 2.24) is 14.5 Å². The average Bonchev–Trinajstić information content (AvgIpc) is 3.05. The quantitative estimate of drug-likeness (QED) is 0.715. The number of carbonyl (C=O) groups excluding carboxylic acids is 1. The molecule has 0 spiro atoms. The molecule has 6 heteroatoms. The third kappa shape index (κ3) is 3.08. The number of benzene rings is 1. The van der Waals surface area contributed by atoms with Gasteiger partial charge in [0.25, 0.3) is 5.91 Å². The molecule has 1 aliphatic carbocycles. The zero-order chi connectivity index (χ0) is 17.4. The highest BCUT2D eigenvalue weighted by Crippen LogP contribution is 2.34. The molecule has 1 aliphatic heterocycles. The highest BCUT2D eigenvalue weighted by molar-refractivity contribution is 9.10. The predicted octanol–water partition coefficient (Wildman–Crippen LogP) is 4.46. The first-order chi connectivity index (χ1) is 12.2. The molecule has 1 aromatic carbocycles. The number of hydrogen-bond donors (Lipinski definition) is 0. The van der Waals surface area contributed by atoms with Gasteiger partial charge in [0.1, 0.15) is 10.4 Å². The Hall–Kier alpha value is -1.82. The van der Waals surface area contributed by atoms with Crippen molar-refractivity contribution in [3.05, 3.63) is 34.7 Å². The minimum Gasteiger partial charge on any atom is -0.490 e. The Kier molecular flexibility index (Phi) is 4.54. The van der Waals surface area contributed by atoms with Gasteiger partial charge in [-0.15, -0.1) is 0 Å². The van der Waals surface area contributed by atoms with Crippen molar-refractivity contribution < 1.29 is 9.53 Å². The van der Waals surface area contributed by atoms with Crippen molar-refractivity contribution in [2.75, 3.05) is 6.54 Å². The predicted molar refractivity (Wildman–Crippen MR) is 99.6 cm³/mol. The normalized spacial score (nSPS) is 16.9. The number of unbranched alkanes of at least 4 members (excludes halogenated alkanes) is 1. The fourth-order valence-corrected chi connectivity index (χ4v) is 3.88. The van der Waals surface area contributed by atoms with Crippen LogP contribution < -0.4 is 4.74 Å². The van der Waals surface area contributed by atoms with Gasteiger partial charge in [-0.3, -0.25) is 4.79 Å². The van der Waals surface area contributed by atoms with Crippen LogP contribution in [-0.2, 0) is 6.67 Å². The molecule has 0 bridgehead atoms. The van der Waals surface area contributed by atoms with Gasteiger partial charge in [0, 0.05) is 12.1 Å². The maximum Gasteiger partial charge on any atom is 0.291 e. The van der Waals surface area contributed by atoms with E-state index in [1.165, 1.54) is 6.42 Å². The van der Waals surface area contributed by atoms with Gasteiger partial charge in [0.05, 0.1) is 18.5 Å². The lowest BCUT2D eigenvalue weighted by atomic mass is 9.96. The van der Waals surface area contributed by atoms with Crippen molar-refractivity contribution in [2.24, 2.45) is 0 Å². The molecular weight excluding hydrogens is 382 g/mol. The van der Waals surface area contributed by atoms with Crippen LogP contribution in [0.15, 0.2) is 28.9 Å². The minimum atomic E-state index is 0.0188. The Balaban J connectivity index is 1.57. The summed E-state index contributed by atoms with van der Waals surface area (Å²) in [6.45, 7) is 3.49. The first-order valence-corrected chi connectivity index (χ1v) is 9.79. The van der Waals surface area contributed by atoms with Crippen molar-refractivity contribution in [1.29, 1.82) is 0 Å². The largest absolute Gasteiger partial charge is 0.490 e. The Morgan fingerprint density at radius 3 is 2.68 bits per heavy atom. The van der Waals surface area contributed by atoms with Gasteiger partial charge >= 0.3 is 0 Å². The zero-order valence-electron chi connectivity index (χ0n) is 14.4. The Labute approximate surface area is 156 Å². The average molecular weight is 404 g/mol. The molecule has 1 aromatic heterocycles. The number of aromatic nitrogens is 2. The van der Waals surface area contributed by atoms with E-state index in [0.717, 1.165) is 53.8 Å². The second kappa shape index (κ2) is 6.83. The van der Waals surface area contributed by atoms with Gasteiger partial charge in [-0.1, -0.05) is 13.3 Å². The van der Waals surface area contributed by atoms with Gasteiger partial charge in [0.2, 0.25) is 5.82 Å². The van der Waals surface area contributed by atoms with Gasteiger partial charge in [-0.25, -0.2) is 4.98 Å². The molecule has 2 heterocycles. The zero-order valence-corrected chi connectivity index (χ0v) is 16.0. The second-order valence-corrected chi connectivity index (χ2v) is 7.51. The molecule has 5 nitrogen and oxygen atoms in total. The second-order valence-electron chi connectivity index (χ2n) is 6.76. The van der Waals surface area contributed by atoms with Gasteiger partial charge < -0.3 is 14.2 Å². The molecule has 2 aliphatic rings. The standard InChI is InChI=1S/C19H22BrN3O2/c1-2-3-11-22-12-23-16(17(20)21-18(23)19(22)24)13-7-9-15(10-8-13)25-14-5-4-6-14/h7-10,14H,2-6,11-12H2,1H3. The smallest absolute Gasteiger partial charge is 0.291 e. The molecule has 0 saturated heterocycles. The van der Waals surface area contributed by atoms with E-state index >= 15 is 0 Å². The molecular formula is C19H22BrN3O2. The number of amides is 1. The van der Waals surface area contributed by atoms with Crippen LogP contribution in [0.25, 0.3) is 11.3 Å². The van der Waals surface area contributed by atoms with E-state index in [1.54, 1.807) is 0 Å². The summed E-state index contributed by atoms with van der Waals surface area (Å²) in [6, 6.07) is 8.10. The number of fused-ring (bicyclic) bond motifs is 1. The molecule has 0 N–H and O–H groups in total. The van der Waals surface area contributed by atoms with Gasteiger partial charge in [-0.2, -0.15) is 0 Å². The maximum atomic E-state index is 12.5. The van der Waals surface area contributed by atoms with E-state index in [4.69, 9.17) is 4.74 Å². The van der Waals surface area contributed by atoms with Gasteiger partial charge in [0.15, 0.2) is 0 Å². The van der Waals surface area contributed by atoms with Gasteiger partial charge in [-0.05, 0) is 65.9 Å². The van der Waals surface area contributed by atoms with Crippen LogP contribution in [-0.4, -0.2) is 33.0 Å². The van der Waals surface area contributed by atoms with Crippen LogP contribution in [0.3, 0.4) is 0 Å². The van der Waals surface area contributed by atoms with E-state index < -0.39 is 0 Å². The summed E-state index contributed by atoms with van der Waals surface area (Å²) >= 11 is 3.52. The van der Waals surface area contributed by atoms with E-state index in [1.807, 2.05) is 33.7 Å². The Bertz CT molecular complexity index is 781. The van der Waals surface area contributed by atoms with Crippen molar-refractivity contribution >= 4 is 21.8 Å². The number of nitrogens with zero attached hydrogens (tertiary/aromatic N) is 3. The van der Waals surface area contributed by atoms with Crippen LogP contribution in [0.1, 0.15) is 49.6 Å². The molecule has 1 amide bonds. The van der Waals surface area contributed by atoms with E-state index in [-0.39, 0.29) is 5.91 Å². The highest BCUT2D eigenvalue weighted by atomic mass is 79.9. The summed E-state index contributed by atoms with van der Waals surface area (Å²) < 4.78 is 8.65. The third-order valence-electron chi connectivity index (χ3n) is 4.98. The number of halogens is 1. The first-order valence-electron chi connectivity index (χ1n) is 8.99. The number of hydrogen-bond acceptors (Lipinski definition) is 3. The molecule has 1 saturated carbocycles. The van der Waals surface area contributed by atoms with Crippen LogP contribution >= 0.6 is 15.9 Å². The summed E-state index contributed by atoms with van der Waals surface area (Å²) in [5.74, 6) is 1.45. The van der Waals surface area contributed by atoms with Crippen LogP contribution in [0, 0.1) is 0 Å². The van der Waals surface area contributed by atoms with Crippen LogP contribution in [0.2, 0.25) is 0 Å². The Morgan fingerprint density at radius 2 is 2.04 bits per heavy atom. The fraction of sp³-hybridized carbons (Fsp3) is 0.474. The number of ether oxygens (including phenoxy) is 1. The summed E-state index contributed by atoms with van der Waals surface area (Å²) in [6.07, 6.45) is 6.03. The van der Waals surface area contributed by atoms with E-state index in [2.05, 4.69) is 27.8 Å². The SMILES string of the molecule is CCCCN1Cn2c(nc(Br)c2-c2ccc(OC3CCC3)cc2)C1=O. The summed E-state index contributed by atoms with van der Waals surface area (Å²) in [5, 5.41) is 0. The minimum absolute atomic E-state index is 0.0188. The number of carbonyl (C=O) groups is 1. The Morgan fingerprint density at radius 1 is 1.28 bits per heavy atom. The first kappa shape index (κ1) is 16.6. The van der Waals surface area contributed by atoms with Crippen LogP contribution in [0.5, 0.6) is 5.75 Å². The lowest BCUT2D eigenvalue weighted by Gasteiger charge is -2.26. The number of rotatable bonds is 6. The summed E-state index contributed by atoms with van der Waals surface area (Å²) in [5.41, 5.74) is 1.99. The molecule has 2 aromatic rings. The van der Waals surface area contributed by atoms with Crippen molar-refractivity contribution in [2.45, 2.75) is 51.8 Å². The molecule has 0 atom stereocenters. The monoisotopic (exact) mass is 403 g/mol. The van der Waals surface area contributed by atoms with Crippen molar-refractivity contribution in [3.63, 3.8) is 0 Å². The molecule has 1 fully saturated rings. The van der Waals surface area contributed by atoms with Crippen molar-refractivity contribution in [3.8, 4) is 17.0 Å². The molecule has 25 heavy (non-hydrogen) atoms. The fourth-order valence-electron chi connectivity index (χ4n) is 3.27. The molecule has 0 unspecified atom stereocenters. The summed E-state index contributed by atoms with van der Waals surface area (Å²) in [4.78, 5) is 18.8. The highest BCUT2D eigenvalue weighted by Gasteiger charge is 2.32. The maximum absolute atomic E-state index is 12.5. The summed E-state index contributed by atoms with van der Waals surface area (Å²) in [7, 11) is 0. The molecule has 4 rings (SSSR count). The molecule has 132 valence electrons. The number of imidazole rings is 1. The third-order valence-corrected chi connectivity index (χ3v) is 5.53. The van der Waals surface area contributed by atoms with Crippen LogP contribution in [0.4, 0.5) is 0 Å². The lowest BCUT2D eigenvalue weighted by molar-refractivity contribution is 0.0763. The van der Waals surface area contributed by atoms with E-state index in [9.17, 15) is 4.79 Å². The topological polar surface area (TPSA) is 47.4 Å².